The molecule has 0 spiro atoms. The predicted molar refractivity (Wildman–Crippen MR) is 96.6 cm³/mol. The van der Waals surface area contributed by atoms with Crippen molar-refractivity contribution in [3.05, 3.63) is 65.7 Å². The summed E-state index contributed by atoms with van der Waals surface area (Å²) < 4.78 is 0. The van der Waals surface area contributed by atoms with Gasteiger partial charge in [0.1, 0.15) is 0 Å². The smallest absolute Gasteiger partial charge is 0.330 e. The van der Waals surface area contributed by atoms with Crippen molar-refractivity contribution < 1.29 is 19.5 Å². The quantitative estimate of drug-likeness (QED) is 0.745. The molecule has 0 saturated heterocycles. The van der Waals surface area contributed by atoms with Crippen molar-refractivity contribution >= 4 is 23.5 Å². The molecule has 2 aromatic rings. The van der Waals surface area contributed by atoms with Crippen molar-refractivity contribution in [2.45, 2.75) is 19.4 Å². The van der Waals surface area contributed by atoms with E-state index in [4.69, 9.17) is 0 Å². The van der Waals surface area contributed by atoms with Gasteiger partial charge in [0.2, 0.25) is 5.91 Å². The van der Waals surface area contributed by atoms with Crippen molar-refractivity contribution in [1.82, 2.24) is 5.32 Å². The minimum atomic E-state index is -1.14. The second kappa shape index (κ2) is 7.39. The van der Waals surface area contributed by atoms with E-state index in [1.807, 2.05) is 6.92 Å². The fraction of sp³-hybridized carbons (Fsp3) is 0.250. The Bertz CT molecular complexity index is 835. The lowest BCUT2D eigenvalue weighted by Crippen LogP contribution is -2.33. The number of rotatable bonds is 6. The first-order chi connectivity index (χ1) is 12.5. The zero-order chi connectivity index (χ0) is 18.7. The standard InChI is InChI=1S/C20H20N2O4/c1-12-10-16(12)19(24)21-15-9-5-8-14(11-15)18(23)22-17(20(25)26)13-6-3-2-4-7-13/h2-9,11-12,16-17H,10H2,1H3,(H,21,24)(H,22,23)(H,25,26)/t12?,16?,17-/m0/s1. The number of hydrogen-bond acceptors (Lipinski definition) is 3. The summed E-state index contributed by atoms with van der Waals surface area (Å²) in [5, 5.41) is 14.7. The lowest BCUT2D eigenvalue weighted by molar-refractivity contribution is -0.139. The van der Waals surface area contributed by atoms with Crippen LogP contribution in [0.5, 0.6) is 0 Å². The number of amides is 2. The number of carbonyl (C=O) groups is 3. The summed E-state index contributed by atoms with van der Waals surface area (Å²) >= 11 is 0. The van der Waals surface area contributed by atoms with E-state index >= 15 is 0 Å². The maximum Gasteiger partial charge on any atom is 0.330 e. The molecular weight excluding hydrogens is 332 g/mol. The Labute approximate surface area is 151 Å². The van der Waals surface area contributed by atoms with Crippen LogP contribution in [0, 0.1) is 11.8 Å². The van der Waals surface area contributed by atoms with E-state index in [1.54, 1.807) is 54.6 Å². The van der Waals surface area contributed by atoms with Crippen LogP contribution in [0.4, 0.5) is 5.69 Å². The van der Waals surface area contributed by atoms with Crippen LogP contribution in [-0.2, 0) is 9.59 Å². The van der Waals surface area contributed by atoms with Crippen LogP contribution in [-0.4, -0.2) is 22.9 Å². The molecule has 0 radical (unpaired) electrons. The van der Waals surface area contributed by atoms with Crippen molar-refractivity contribution in [2.75, 3.05) is 5.32 Å². The molecule has 3 atom stereocenters. The van der Waals surface area contributed by atoms with Crippen molar-refractivity contribution in [3.8, 4) is 0 Å². The largest absolute Gasteiger partial charge is 0.479 e. The van der Waals surface area contributed by atoms with Crippen LogP contribution < -0.4 is 10.6 Å². The molecule has 2 aromatic carbocycles. The van der Waals surface area contributed by atoms with Gasteiger partial charge < -0.3 is 15.7 Å². The third-order valence-electron chi connectivity index (χ3n) is 4.49. The average molecular weight is 352 g/mol. The van der Waals surface area contributed by atoms with Crippen LogP contribution in [0.3, 0.4) is 0 Å². The van der Waals surface area contributed by atoms with Gasteiger partial charge in [0, 0.05) is 17.2 Å². The molecule has 1 aliphatic carbocycles. The Morgan fingerprint density at radius 2 is 1.77 bits per heavy atom. The molecule has 3 N–H and O–H groups in total. The molecule has 0 heterocycles. The molecule has 1 fully saturated rings. The molecule has 2 unspecified atom stereocenters. The Kier molecular flexibility index (Phi) is 5.02. The van der Waals surface area contributed by atoms with Gasteiger partial charge in [-0.2, -0.15) is 0 Å². The fourth-order valence-corrected chi connectivity index (χ4v) is 2.81. The summed E-state index contributed by atoms with van der Waals surface area (Å²) in [7, 11) is 0. The number of carboxylic acids is 1. The monoisotopic (exact) mass is 352 g/mol. The van der Waals surface area contributed by atoms with Crippen LogP contribution >= 0.6 is 0 Å². The number of carboxylic acid groups (broad SMARTS) is 1. The minimum absolute atomic E-state index is 0.0296. The zero-order valence-electron chi connectivity index (χ0n) is 14.3. The summed E-state index contributed by atoms with van der Waals surface area (Å²) in [6.45, 7) is 2.02. The first-order valence-electron chi connectivity index (χ1n) is 8.45. The summed E-state index contributed by atoms with van der Waals surface area (Å²) in [5.41, 5.74) is 1.29. The summed E-state index contributed by atoms with van der Waals surface area (Å²) in [5.74, 6) is -1.29. The Morgan fingerprint density at radius 3 is 2.38 bits per heavy atom. The van der Waals surface area contributed by atoms with E-state index in [-0.39, 0.29) is 17.4 Å². The molecule has 6 heteroatoms. The highest BCUT2D eigenvalue weighted by Crippen LogP contribution is 2.38. The number of carbonyl (C=O) groups excluding carboxylic acids is 2. The average Bonchev–Trinajstić information content (AvgIpc) is 3.37. The molecule has 26 heavy (non-hydrogen) atoms. The van der Waals surface area contributed by atoms with Crippen LogP contribution in [0.1, 0.15) is 35.3 Å². The van der Waals surface area contributed by atoms with Crippen LogP contribution in [0.2, 0.25) is 0 Å². The third-order valence-corrected chi connectivity index (χ3v) is 4.49. The molecule has 0 aliphatic heterocycles. The zero-order valence-corrected chi connectivity index (χ0v) is 14.3. The van der Waals surface area contributed by atoms with E-state index in [9.17, 15) is 19.5 Å². The molecule has 0 aromatic heterocycles. The SMILES string of the molecule is CC1CC1C(=O)Nc1cccc(C(=O)N[C@H](C(=O)O)c2ccccc2)c1. The fourth-order valence-electron chi connectivity index (χ4n) is 2.81. The molecule has 1 saturated carbocycles. The summed E-state index contributed by atoms with van der Waals surface area (Å²) in [6.07, 6.45) is 0.878. The molecule has 0 bridgehead atoms. The van der Waals surface area contributed by atoms with Gasteiger partial charge in [0.25, 0.3) is 5.91 Å². The highest BCUT2D eigenvalue weighted by atomic mass is 16.4. The van der Waals surface area contributed by atoms with Gasteiger partial charge in [-0.1, -0.05) is 43.3 Å². The normalized spacial score (nSPS) is 19.3. The van der Waals surface area contributed by atoms with E-state index in [1.165, 1.54) is 0 Å². The van der Waals surface area contributed by atoms with Gasteiger partial charge >= 0.3 is 5.97 Å². The Morgan fingerprint density at radius 1 is 1.08 bits per heavy atom. The van der Waals surface area contributed by atoms with Gasteiger partial charge in [0.05, 0.1) is 0 Å². The van der Waals surface area contributed by atoms with Crippen LogP contribution in [0.15, 0.2) is 54.6 Å². The summed E-state index contributed by atoms with van der Waals surface area (Å²) in [6, 6.07) is 13.8. The molecule has 2 amide bonds. The topological polar surface area (TPSA) is 95.5 Å². The highest BCUT2D eigenvalue weighted by Gasteiger charge is 2.39. The lowest BCUT2D eigenvalue weighted by Gasteiger charge is -2.15. The number of hydrogen-bond donors (Lipinski definition) is 3. The number of anilines is 1. The summed E-state index contributed by atoms with van der Waals surface area (Å²) in [4.78, 5) is 36.0. The molecule has 3 rings (SSSR count). The first kappa shape index (κ1) is 17.7. The van der Waals surface area contributed by atoms with Gasteiger partial charge in [-0.25, -0.2) is 4.79 Å². The van der Waals surface area contributed by atoms with E-state index in [2.05, 4.69) is 10.6 Å². The van der Waals surface area contributed by atoms with Crippen LogP contribution in [0.25, 0.3) is 0 Å². The predicted octanol–water partition coefficient (Wildman–Crippen LogP) is 2.84. The second-order valence-corrected chi connectivity index (χ2v) is 6.54. The Balaban J connectivity index is 1.71. The first-order valence-corrected chi connectivity index (χ1v) is 8.45. The van der Waals surface area contributed by atoms with Crippen molar-refractivity contribution in [2.24, 2.45) is 11.8 Å². The molecular formula is C20H20N2O4. The third kappa shape index (κ3) is 4.08. The second-order valence-electron chi connectivity index (χ2n) is 6.54. The number of aliphatic carboxylic acids is 1. The van der Waals surface area contributed by atoms with E-state index in [0.717, 1.165) is 6.42 Å². The number of benzene rings is 2. The van der Waals surface area contributed by atoms with Gasteiger partial charge in [0.15, 0.2) is 6.04 Å². The van der Waals surface area contributed by atoms with Crippen molar-refractivity contribution in [1.29, 1.82) is 0 Å². The highest BCUT2D eigenvalue weighted by molar-refractivity contribution is 5.99. The molecule has 1 aliphatic rings. The van der Waals surface area contributed by atoms with E-state index in [0.29, 0.717) is 17.2 Å². The minimum Gasteiger partial charge on any atom is -0.479 e. The van der Waals surface area contributed by atoms with Gasteiger partial charge in [-0.15, -0.1) is 0 Å². The van der Waals surface area contributed by atoms with Gasteiger partial charge in [-0.05, 0) is 36.1 Å². The molecule has 134 valence electrons. The number of nitrogens with one attached hydrogen (secondary N) is 2. The van der Waals surface area contributed by atoms with Gasteiger partial charge in [-0.3, -0.25) is 9.59 Å². The maximum absolute atomic E-state index is 12.5. The van der Waals surface area contributed by atoms with E-state index < -0.39 is 17.9 Å². The maximum atomic E-state index is 12.5. The lowest BCUT2D eigenvalue weighted by atomic mass is 10.1. The Hall–Kier alpha value is -3.15. The molecule has 6 nitrogen and oxygen atoms in total. The van der Waals surface area contributed by atoms with Crippen molar-refractivity contribution in [3.63, 3.8) is 0 Å².